The van der Waals surface area contributed by atoms with Crippen molar-refractivity contribution in [3.05, 3.63) is 65.5 Å². The molecule has 0 radical (unpaired) electrons. The average molecular weight is 241 g/mol. The van der Waals surface area contributed by atoms with E-state index in [1.165, 1.54) is 19.1 Å². The molecule has 0 bridgehead atoms. The summed E-state index contributed by atoms with van der Waals surface area (Å²) >= 11 is 0. The van der Waals surface area contributed by atoms with Crippen molar-refractivity contribution in [2.24, 2.45) is 4.99 Å². The van der Waals surface area contributed by atoms with Crippen molar-refractivity contribution < 1.29 is 9.18 Å². The number of nitrogens with zero attached hydrogens (tertiary/aromatic N) is 1. The van der Waals surface area contributed by atoms with Gasteiger partial charge in [-0.3, -0.25) is 9.79 Å². The quantitative estimate of drug-likeness (QED) is 0.594. The lowest BCUT2D eigenvalue weighted by Crippen LogP contribution is -1.92. The molecule has 0 fully saturated rings. The van der Waals surface area contributed by atoms with E-state index < -0.39 is 0 Å². The van der Waals surface area contributed by atoms with Gasteiger partial charge in [-0.05, 0) is 36.8 Å². The van der Waals surface area contributed by atoms with Crippen molar-refractivity contribution in [2.75, 3.05) is 0 Å². The Morgan fingerprint density at radius 3 is 2.67 bits per heavy atom. The second-order valence-corrected chi connectivity index (χ2v) is 3.89. The summed E-state index contributed by atoms with van der Waals surface area (Å²) in [7, 11) is 0. The van der Waals surface area contributed by atoms with Crippen LogP contribution >= 0.6 is 0 Å². The lowest BCUT2D eigenvalue weighted by atomic mass is 10.1. The molecular formula is C15H12FNO. The molecule has 0 aliphatic heterocycles. The number of benzene rings is 2. The van der Waals surface area contributed by atoms with E-state index in [4.69, 9.17) is 0 Å². The van der Waals surface area contributed by atoms with Gasteiger partial charge < -0.3 is 0 Å². The van der Waals surface area contributed by atoms with Gasteiger partial charge in [0.2, 0.25) is 0 Å². The van der Waals surface area contributed by atoms with E-state index in [-0.39, 0.29) is 11.6 Å². The Morgan fingerprint density at radius 2 is 1.94 bits per heavy atom. The van der Waals surface area contributed by atoms with Crippen molar-refractivity contribution in [1.29, 1.82) is 0 Å². The summed E-state index contributed by atoms with van der Waals surface area (Å²) in [6, 6.07) is 13.2. The summed E-state index contributed by atoms with van der Waals surface area (Å²) in [6.45, 7) is 1.50. The summed E-state index contributed by atoms with van der Waals surface area (Å²) in [5.41, 5.74) is 1.81. The maximum absolute atomic E-state index is 13.0. The second kappa shape index (κ2) is 5.36. The Kier molecular flexibility index (Phi) is 3.63. The third-order valence-corrected chi connectivity index (χ3v) is 2.48. The highest BCUT2D eigenvalue weighted by atomic mass is 19.1. The maximum Gasteiger partial charge on any atom is 0.161 e. The molecule has 18 heavy (non-hydrogen) atoms. The topological polar surface area (TPSA) is 29.4 Å². The molecule has 0 spiro atoms. The normalized spacial score (nSPS) is 10.8. The molecule has 2 rings (SSSR count). The number of Topliss-reactive ketones (excluding diaryl/α,β-unsaturated/α-hetero) is 1. The number of aliphatic imine (C=N–C) groups is 1. The number of halogens is 1. The van der Waals surface area contributed by atoms with E-state index in [1.807, 2.05) is 6.07 Å². The molecule has 0 aliphatic rings. The summed E-state index contributed by atoms with van der Waals surface area (Å²) < 4.78 is 13.0. The maximum atomic E-state index is 13.0. The zero-order chi connectivity index (χ0) is 13.0. The molecule has 2 aromatic rings. The molecule has 90 valence electrons. The van der Waals surface area contributed by atoms with E-state index >= 15 is 0 Å². The van der Waals surface area contributed by atoms with E-state index in [1.54, 1.807) is 36.5 Å². The van der Waals surface area contributed by atoms with Crippen molar-refractivity contribution in [3.8, 4) is 0 Å². The zero-order valence-electron chi connectivity index (χ0n) is 9.93. The molecule has 2 aromatic carbocycles. The minimum absolute atomic E-state index is 0.0398. The monoisotopic (exact) mass is 241 g/mol. The number of carbonyl (C=O) groups excluding carboxylic acids is 1. The number of hydrogen-bond acceptors (Lipinski definition) is 2. The minimum Gasteiger partial charge on any atom is -0.294 e. The first-order chi connectivity index (χ1) is 8.66. The summed E-state index contributed by atoms with van der Waals surface area (Å²) in [6.07, 6.45) is 1.55. The molecule has 0 atom stereocenters. The van der Waals surface area contributed by atoms with Gasteiger partial charge in [-0.25, -0.2) is 4.39 Å². The molecular weight excluding hydrogens is 229 g/mol. The van der Waals surface area contributed by atoms with Crippen LogP contribution in [0.4, 0.5) is 10.1 Å². The van der Waals surface area contributed by atoms with E-state index in [0.717, 1.165) is 0 Å². The Bertz CT molecular complexity index is 605. The van der Waals surface area contributed by atoms with Gasteiger partial charge in [0.05, 0.1) is 5.69 Å². The van der Waals surface area contributed by atoms with Crippen LogP contribution in [0.3, 0.4) is 0 Å². The summed E-state index contributed by atoms with van der Waals surface area (Å²) in [4.78, 5) is 15.6. The summed E-state index contributed by atoms with van der Waals surface area (Å²) in [5.74, 6) is -0.346. The van der Waals surface area contributed by atoms with Crippen molar-refractivity contribution in [1.82, 2.24) is 0 Å². The predicted octanol–water partition coefficient (Wildman–Crippen LogP) is 3.78. The lowest BCUT2D eigenvalue weighted by Gasteiger charge is -2.00. The van der Waals surface area contributed by atoms with Gasteiger partial charge in [0.1, 0.15) is 5.82 Å². The van der Waals surface area contributed by atoms with Crippen LogP contribution in [0.1, 0.15) is 22.8 Å². The molecule has 0 saturated heterocycles. The molecule has 0 amide bonds. The van der Waals surface area contributed by atoms with Gasteiger partial charge in [-0.1, -0.05) is 24.3 Å². The van der Waals surface area contributed by atoms with Crippen molar-refractivity contribution in [3.63, 3.8) is 0 Å². The fraction of sp³-hybridized carbons (Fsp3) is 0.0667. The molecule has 3 heteroatoms. The number of para-hydroxylation sites is 1. The molecule has 0 N–H and O–H groups in total. The van der Waals surface area contributed by atoms with Gasteiger partial charge in [-0.15, -0.1) is 0 Å². The first-order valence-corrected chi connectivity index (χ1v) is 5.56. The van der Waals surface area contributed by atoms with Crippen LogP contribution in [-0.4, -0.2) is 12.0 Å². The van der Waals surface area contributed by atoms with Gasteiger partial charge in [-0.2, -0.15) is 0 Å². The predicted molar refractivity (Wildman–Crippen MR) is 70.1 cm³/mol. The van der Waals surface area contributed by atoms with Crippen molar-refractivity contribution >= 4 is 17.7 Å². The first kappa shape index (κ1) is 12.2. The molecule has 0 aromatic heterocycles. The fourth-order valence-corrected chi connectivity index (χ4v) is 1.61. The highest BCUT2D eigenvalue weighted by Crippen LogP contribution is 2.19. The molecule has 0 unspecified atom stereocenters. The SMILES string of the molecule is CC(=O)c1ccccc1N=Cc1cccc(F)c1. The average Bonchev–Trinajstić information content (AvgIpc) is 2.37. The Balaban J connectivity index is 2.32. The van der Waals surface area contributed by atoms with Crippen LogP contribution in [0, 0.1) is 5.82 Å². The fourth-order valence-electron chi connectivity index (χ4n) is 1.61. The van der Waals surface area contributed by atoms with Gasteiger partial charge in [0, 0.05) is 11.8 Å². The van der Waals surface area contributed by atoms with Crippen LogP contribution in [0.5, 0.6) is 0 Å². The standard InChI is InChI=1S/C15H12FNO/c1-11(18)14-7-2-3-8-15(14)17-10-12-5-4-6-13(16)9-12/h2-10H,1H3. The Hall–Kier alpha value is -2.29. The smallest absolute Gasteiger partial charge is 0.161 e. The van der Waals surface area contributed by atoms with Crippen LogP contribution in [0.15, 0.2) is 53.5 Å². The second-order valence-electron chi connectivity index (χ2n) is 3.89. The molecule has 0 saturated carbocycles. The van der Waals surface area contributed by atoms with Gasteiger partial charge in [0.15, 0.2) is 5.78 Å². The summed E-state index contributed by atoms with van der Waals surface area (Å²) in [5, 5.41) is 0. The largest absolute Gasteiger partial charge is 0.294 e. The Morgan fingerprint density at radius 1 is 1.17 bits per heavy atom. The van der Waals surface area contributed by atoms with Crippen LogP contribution in [0.25, 0.3) is 0 Å². The number of rotatable bonds is 3. The third-order valence-electron chi connectivity index (χ3n) is 2.48. The van der Waals surface area contributed by atoms with Crippen molar-refractivity contribution in [2.45, 2.75) is 6.92 Å². The minimum atomic E-state index is -0.307. The first-order valence-electron chi connectivity index (χ1n) is 5.56. The highest BCUT2D eigenvalue weighted by Gasteiger charge is 2.03. The van der Waals surface area contributed by atoms with Crippen LogP contribution < -0.4 is 0 Å². The molecule has 0 heterocycles. The zero-order valence-corrected chi connectivity index (χ0v) is 9.93. The Labute approximate surface area is 105 Å². The van der Waals surface area contributed by atoms with Crippen LogP contribution in [0.2, 0.25) is 0 Å². The van der Waals surface area contributed by atoms with E-state index in [9.17, 15) is 9.18 Å². The lowest BCUT2D eigenvalue weighted by molar-refractivity contribution is 0.101. The van der Waals surface area contributed by atoms with Gasteiger partial charge >= 0.3 is 0 Å². The third kappa shape index (κ3) is 2.88. The number of hydrogen-bond donors (Lipinski definition) is 0. The van der Waals surface area contributed by atoms with E-state index in [0.29, 0.717) is 16.8 Å². The molecule has 2 nitrogen and oxygen atoms in total. The van der Waals surface area contributed by atoms with Gasteiger partial charge in [0.25, 0.3) is 0 Å². The number of ketones is 1. The van der Waals surface area contributed by atoms with Crippen LogP contribution in [-0.2, 0) is 0 Å². The number of carbonyl (C=O) groups is 1. The van der Waals surface area contributed by atoms with E-state index in [2.05, 4.69) is 4.99 Å². The highest BCUT2D eigenvalue weighted by molar-refractivity contribution is 5.99. The molecule has 0 aliphatic carbocycles.